The van der Waals surface area contributed by atoms with Crippen molar-refractivity contribution in [1.82, 2.24) is 9.88 Å². The highest BCUT2D eigenvalue weighted by atomic mass is 19.4. The zero-order valence-corrected chi connectivity index (χ0v) is 11.2. The minimum Gasteiger partial charge on any atom is -0.354 e. The molecule has 112 valence electrons. The smallest absolute Gasteiger partial charge is 0.354 e. The van der Waals surface area contributed by atoms with Crippen molar-refractivity contribution < 1.29 is 13.2 Å². The summed E-state index contributed by atoms with van der Waals surface area (Å²) in [4.78, 5) is 7.89. The monoisotopic (exact) mass is 288 g/mol. The topological polar surface area (TPSA) is 45.4 Å². The molecule has 4 nitrogen and oxygen atoms in total. The fourth-order valence-corrected chi connectivity index (χ4v) is 2.27. The number of rotatable bonds is 4. The Hall–Kier alpha value is -1.34. The molecule has 2 rings (SSSR count). The van der Waals surface area contributed by atoms with E-state index >= 15 is 0 Å². The molecule has 0 aliphatic carbocycles. The predicted octanol–water partition coefficient (Wildman–Crippen LogP) is 1.57. The molecule has 0 amide bonds. The van der Waals surface area contributed by atoms with Gasteiger partial charge >= 0.3 is 6.18 Å². The molecule has 0 radical (unpaired) electrons. The van der Waals surface area contributed by atoms with E-state index in [0.29, 0.717) is 25.5 Å². The lowest BCUT2D eigenvalue weighted by atomic mass is 10.2. The lowest BCUT2D eigenvalue weighted by molar-refractivity contribution is -0.141. The number of piperazine rings is 1. The van der Waals surface area contributed by atoms with Gasteiger partial charge in [0.05, 0.1) is 0 Å². The molecule has 0 aromatic carbocycles. The second-order valence-electron chi connectivity index (χ2n) is 4.85. The largest absolute Gasteiger partial charge is 0.433 e. The van der Waals surface area contributed by atoms with E-state index in [9.17, 15) is 13.2 Å². The molecule has 1 aliphatic heterocycles. The van der Waals surface area contributed by atoms with Gasteiger partial charge < -0.3 is 10.6 Å². The summed E-state index contributed by atoms with van der Waals surface area (Å²) in [7, 11) is 0. The lowest BCUT2D eigenvalue weighted by Crippen LogP contribution is -2.47. The highest BCUT2D eigenvalue weighted by molar-refractivity contribution is 5.40. The summed E-state index contributed by atoms with van der Waals surface area (Å²) in [6.07, 6.45) is -3.44. The van der Waals surface area contributed by atoms with Gasteiger partial charge in [-0.2, -0.15) is 13.2 Å². The van der Waals surface area contributed by atoms with Crippen LogP contribution in [0.2, 0.25) is 0 Å². The van der Waals surface area contributed by atoms with Gasteiger partial charge in [-0.3, -0.25) is 4.90 Å². The second kappa shape index (κ2) is 6.41. The Morgan fingerprint density at radius 3 is 2.45 bits per heavy atom. The van der Waals surface area contributed by atoms with Gasteiger partial charge in [0.15, 0.2) is 0 Å². The van der Waals surface area contributed by atoms with Crippen LogP contribution in [0.25, 0.3) is 0 Å². The first-order chi connectivity index (χ1) is 9.50. The Morgan fingerprint density at radius 2 is 1.85 bits per heavy atom. The summed E-state index contributed by atoms with van der Waals surface area (Å²) in [5.41, 5.74) is 4.63. The van der Waals surface area contributed by atoms with Crippen LogP contribution < -0.4 is 10.6 Å². The molecule has 0 spiro atoms. The summed E-state index contributed by atoms with van der Waals surface area (Å²) in [6.45, 7) is 4.66. The van der Waals surface area contributed by atoms with Crippen LogP contribution in [0, 0.1) is 0 Å². The first kappa shape index (κ1) is 15.1. The molecular formula is C13H19F3N4. The van der Waals surface area contributed by atoms with Gasteiger partial charge in [0.25, 0.3) is 0 Å². The van der Waals surface area contributed by atoms with E-state index < -0.39 is 11.9 Å². The molecule has 20 heavy (non-hydrogen) atoms. The second-order valence-corrected chi connectivity index (χ2v) is 4.85. The van der Waals surface area contributed by atoms with Gasteiger partial charge in [0.1, 0.15) is 11.5 Å². The maximum atomic E-state index is 12.6. The minimum absolute atomic E-state index is 0.401. The minimum atomic E-state index is -4.39. The molecule has 2 N–H and O–H groups in total. The van der Waals surface area contributed by atoms with Crippen LogP contribution in [0.15, 0.2) is 18.2 Å². The number of anilines is 1. The molecule has 0 saturated carbocycles. The van der Waals surface area contributed by atoms with Crippen LogP contribution in [0.3, 0.4) is 0 Å². The summed E-state index contributed by atoms with van der Waals surface area (Å²) in [5.74, 6) is 0.401. The number of aromatic nitrogens is 1. The first-order valence-electron chi connectivity index (χ1n) is 6.72. The molecule has 1 saturated heterocycles. The van der Waals surface area contributed by atoms with Crippen LogP contribution >= 0.6 is 0 Å². The van der Waals surface area contributed by atoms with E-state index in [1.54, 1.807) is 6.07 Å². The van der Waals surface area contributed by atoms with Crippen molar-refractivity contribution in [2.75, 3.05) is 44.2 Å². The quantitative estimate of drug-likeness (QED) is 0.913. The first-order valence-corrected chi connectivity index (χ1v) is 6.72. The van der Waals surface area contributed by atoms with Crippen molar-refractivity contribution in [2.24, 2.45) is 5.73 Å². The number of halogens is 3. The number of hydrogen-bond acceptors (Lipinski definition) is 4. The van der Waals surface area contributed by atoms with Gasteiger partial charge in [-0.25, -0.2) is 4.98 Å². The van der Waals surface area contributed by atoms with Gasteiger partial charge in [-0.1, -0.05) is 6.07 Å². The summed E-state index contributed by atoms with van der Waals surface area (Å²) < 4.78 is 37.9. The van der Waals surface area contributed by atoms with Gasteiger partial charge in [-0.15, -0.1) is 0 Å². The molecule has 1 fully saturated rings. The molecule has 0 atom stereocenters. The van der Waals surface area contributed by atoms with E-state index in [0.717, 1.165) is 32.1 Å². The Labute approximate surface area is 116 Å². The fraction of sp³-hybridized carbons (Fsp3) is 0.615. The number of hydrogen-bond donors (Lipinski definition) is 1. The van der Waals surface area contributed by atoms with E-state index in [1.165, 1.54) is 6.07 Å². The van der Waals surface area contributed by atoms with Gasteiger partial charge in [-0.05, 0) is 31.6 Å². The van der Waals surface area contributed by atoms with E-state index in [4.69, 9.17) is 5.73 Å². The molecule has 0 unspecified atom stereocenters. The Balaban J connectivity index is 1.97. The van der Waals surface area contributed by atoms with E-state index in [2.05, 4.69) is 9.88 Å². The van der Waals surface area contributed by atoms with Crippen molar-refractivity contribution >= 4 is 5.82 Å². The number of pyridine rings is 1. The van der Waals surface area contributed by atoms with Crippen molar-refractivity contribution in [3.8, 4) is 0 Å². The van der Waals surface area contributed by atoms with E-state index in [1.807, 2.05) is 4.90 Å². The van der Waals surface area contributed by atoms with Crippen LogP contribution in [0.4, 0.5) is 19.0 Å². The normalized spacial score (nSPS) is 17.5. The highest BCUT2D eigenvalue weighted by Crippen LogP contribution is 2.29. The Bertz CT molecular complexity index is 428. The summed E-state index contributed by atoms with van der Waals surface area (Å²) in [6, 6.07) is 4.04. The van der Waals surface area contributed by atoms with Crippen molar-refractivity contribution in [3.63, 3.8) is 0 Å². The lowest BCUT2D eigenvalue weighted by Gasteiger charge is -2.35. The average molecular weight is 288 g/mol. The maximum Gasteiger partial charge on any atom is 0.433 e. The summed E-state index contributed by atoms with van der Waals surface area (Å²) in [5, 5.41) is 0. The molecular weight excluding hydrogens is 269 g/mol. The Morgan fingerprint density at radius 1 is 1.15 bits per heavy atom. The van der Waals surface area contributed by atoms with Crippen LogP contribution in [-0.4, -0.2) is 49.2 Å². The van der Waals surface area contributed by atoms with Crippen molar-refractivity contribution in [2.45, 2.75) is 12.6 Å². The third-order valence-electron chi connectivity index (χ3n) is 3.40. The van der Waals surface area contributed by atoms with Crippen LogP contribution in [0.1, 0.15) is 12.1 Å². The molecule has 7 heteroatoms. The SMILES string of the molecule is NCCCN1CCN(c2cccc(C(F)(F)F)n2)CC1. The Kier molecular flexibility index (Phi) is 4.82. The van der Waals surface area contributed by atoms with Crippen molar-refractivity contribution in [3.05, 3.63) is 23.9 Å². The fourth-order valence-electron chi connectivity index (χ4n) is 2.27. The number of nitrogens with zero attached hydrogens (tertiary/aromatic N) is 3. The molecule has 2 heterocycles. The van der Waals surface area contributed by atoms with E-state index in [-0.39, 0.29) is 0 Å². The molecule has 1 aromatic rings. The average Bonchev–Trinajstić information content (AvgIpc) is 2.45. The molecule has 1 aromatic heterocycles. The summed E-state index contributed by atoms with van der Waals surface area (Å²) >= 11 is 0. The third-order valence-corrected chi connectivity index (χ3v) is 3.40. The molecule has 0 bridgehead atoms. The number of alkyl halides is 3. The zero-order chi connectivity index (χ0) is 14.6. The highest BCUT2D eigenvalue weighted by Gasteiger charge is 2.33. The predicted molar refractivity (Wildman–Crippen MR) is 71.6 cm³/mol. The number of nitrogens with two attached hydrogens (primary N) is 1. The van der Waals surface area contributed by atoms with Crippen LogP contribution in [0.5, 0.6) is 0 Å². The van der Waals surface area contributed by atoms with Crippen molar-refractivity contribution in [1.29, 1.82) is 0 Å². The zero-order valence-electron chi connectivity index (χ0n) is 11.2. The van der Waals surface area contributed by atoms with Gasteiger partial charge in [0.2, 0.25) is 0 Å². The third kappa shape index (κ3) is 3.83. The van der Waals surface area contributed by atoms with Gasteiger partial charge in [0, 0.05) is 26.2 Å². The standard InChI is InChI=1S/C13H19F3N4/c14-13(15,16)11-3-1-4-12(18-11)20-9-7-19(8-10-20)6-2-5-17/h1,3-4H,2,5-10,17H2. The van der Waals surface area contributed by atoms with Crippen LogP contribution in [-0.2, 0) is 6.18 Å². The molecule has 1 aliphatic rings. The maximum absolute atomic E-state index is 12.6.